The molecule has 0 saturated carbocycles. The Morgan fingerprint density at radius 2 is 1.92 bits per heavy atom. The van der Waals surface area contributed by atoms with E-state index in [1.54, 1.807) is 35.3 Å². The van der Waals surface area contributed by atoms with Crippen molar-refractivity contribution in [3.63, 3.8) is 0 Å². The van der Waals surface area contributed by atoms with Crippen LogP contribution in [0.3, 0.4) is 0 Å². The minimum Gasteiger partial charge on any atom is -0.481 e. The number of likely N-dealkylation sites (tertiary alicyclic amines) is 1. The SMILES string of the molecule is [2H]C([2H])(C(=O)N1CC=C(c2ccc(-c3ncn(C)n3)cc2)CC1)N1CC[C@@](SC)(C(=O)Nc2ccc3[nH]nc(-c4ccnc(OC)c4)c3c2)C1. The van der Waals surface area contributed by atoms with Crippen LogP contribution >= 0.6 is 11.8 Å². The fourth-order valence-electron chi connectivity index (χ4n) is 6.17. The Morgan fingerprint density at radius 3 is 2.65 bits per heavy atom. The van der Waals surface area contributed by atoms with Crippen LogP contribution in [0.4, 0.5) is 5.69 Å². The minimum atomic E-state index is -2.27. The highest BCUT2D eigenvalue weighted by Crippen LogP contribution is 2.36. The quantitative estimate of drug-likeness (QED) is 0.234. The maximum Gasteiger partial charge on any atom is 0.241 e. The van der Waals surface area contributed by atoms with E-state index < -0.39 is 17.2 Å². The van der Waals surface area contributed by atoms with Gasteiger partial charge in [-0.3, -0.25) is 24.3 Å². The highest BCUT2D eigenvalue weighted by atomic mass is 32.2. The molecule has 0 bridgehead atoms. The monoisotopic (exact) mass is 665 g/mol. The number of anilines is 1. The zero-order chi connectivity index (χ0) is 35.0. The largest absolute Gasteiger partial charge is 0.481 e. The Hall–Kier alpha value is -5.01. The number of thioether (sulfide) groups is 1. The van der Waals surface area contributed by atoms with E-state index in [1.807, 2.05) is 67.9 Å². The summed E-state index contributed by atoms with van der Waals surface area (Å²) in [5.41, 5.74) is 6.00. The summed E-state index contributed by atoms with van der Waals surface area (Å²) in [5, 5.41) is 15.7. The average Bonchev–Trinajstić information content (AvgIpc) is 3.90. The van der Waals surface area contributed by atoms with Crippen molar-refractivity contribution >= 4 is 45.7 Å². The second-order valence-electron chi connectivity index (χ2n) is 11.9. The lowest BCUT2D eigenvalue weighted by Gasteiger charge is -2.29. The second-order valence-corrected chi connectivity index (χ2v) is 13.1. The Labute approximate surface area is 285 Å². The molecule has 2 N–H and O–H groups in total. The molecule has 0 unspecified atom stereocenters. The molecule has 1 atom stereocenters. The summed E-state index contributed by atoms with van der Waals surface area (Å²) < 4.78 is 23.8. The van der Waals surface area contributed by atoms with Gasteiger partial charge in [0.2, 0.25) is 17.7 Å². The number of amides is 2. The lowest BCUT2D eigenvalue weighted by atomic mass is 9.98. The first-order chi connectivity index (χ1) is 24.1. The Morgan fingerprint density at radius 1 is 1.08 bits per heavy atom. The minimum absolute atomic E-state index is 0.0984. The van der Waals surface area contributed by atoms with Gasteiger partial charge in [0.1, 0.15) is 16.8 Å². The van der Waals surface area contributed by atoms with Crippen molar-refractivity contribution in [2.45, 2.75) is 17.6 Å². The van der Waals surface area contributed by atoms with Crippen molar-refractivity contribution in [3.05, 3.63) is 78.8 Å². The fourth-order valence-corrected chi connectivity index (χ4v) is 6.99. The van der Waals surface area contributed by atoms with Gasteiger partial charge in [0, 0.05) is 67.7 Å². The van der Waals surface area contributed by atoms with Crippen molar-refractivity contribution in [3.8, 4) is 28.5 Å². The number of nitrogens with zero attached hydrogens (tertiary/aromatic N) is 7. The van der Waals surface area contributed by atoms with Crippen LogP contribution in [0, 0.1) is 0 Å². The molecule has 1 fully saturated rings. The maximum absolute atomic E-state index is 13.9. The number of hydrogen-bond donors (Lipinski definition) is 2. The molecule has 2 aliphatic heterocycles. The highest BCUT2D eigenvalue weighted by Gasteiger charge is 2.44. The summed E-state index contributed by atoms with van der Waals surface area (Å²) in [7, 11) is 3.38. The summed E-state index contributed by atoms with van der Waals surface area (Å²) in [6, 6.07) is 17.2. The van der Waals surface area contributed by atoms with E-state index in [4.69, 9.17) is 7.48 Å². The van der Waals surface area contributed by atoms with E-state index in [1.165, 1.54) is 16.7 Å². The molecule has 48 heavy (non-hydrogen) atoms. The first kappa shape index (κ1) is 29.2. The van der Waals surface area contributed by atoms with E-state index >= 15 is 0 Å². The van der Waals surface area contributed by atoms with Crippen LogP contribution in [0.15, 0.2) is 73.2 Å². The summed E-state index contributed by atoms with van der Waals surface area (Å²) >= 11 is 1.38. The molecule has 246 valence electrons. The third kappa shape index (κ3) is 6.30. The lowest BCUT2D eigenvalue weighted by Crippen LogP contribution is -2.45. The molecular formula is C35H37N9O3S. The second kappa shape index (κ2) is 13.2. The summed E-state index contributed by atoms with van der Waals surface area (Å²) in [5.74, 6) is 0.305. The summed E-state index contributed by atoms with van der Waals surface area (Å²) in [6.45, 7) is -1.18. The summed E-state index contributed by atoms with van der Waals surface area (Å²) in [6.07, 6.45) is 8.16. The molecule has 2 aliphatic rings. The van der Waals surface area contributed by atoms with Gasteiger partial charge >= 0.3 is 0 Å². The number of aromatic nitrogens is 6. The van der Waals surface area contributed by atoms with E-state index in [9.17, 15) is 9.59 Å². The van der Waals surface area contributed by atoms with Crippen LogP contribution in [-0.4, -0.2) is 102 Å². The number of nitrogens with one attached hydrogen (secondary N) is 2. The molecule has 0 aliphatic carbocycles. The molecule has 0 spiro atoms. The van der Waals surface area contributed by atoms with Crippen LogP contribution in [-0.2, 0) is 16.6 Å². The van der Waals surface area contributed by atoms with Crippen molar-refractivity contribution < 1.29 is 17.1 Å². The number of benzene rings is 2. The molecule has 1 saturated heterocycles. The molecule has 3 aromatic heterocycles. The molecule has 7 rings (SSSR count). The standard InChI is InChI=1S/C35H37N9O3S/c1-42-22-37-33(41-42)25-6-4-23(5-7-25)24-11-15-44(16-12-24)31(45)20-43-17-13-35(21-43,48-3)34(46)38-27-8-9-29-28(19-27)32(40-39-29)26-10-14-36-30(18-26)47-2/h4-11,14,18-19,22H,12-13,15-17,20-21H2,1-3H3,(H,38,46)(H,39,40)/t35-/m0/s1/i20D2. The number of carbonyl (C=O) groups excluding carboxylic acids is 2. The van der Waals surface area contributed by atoms with E-state index in [0.717, 1.165) is 33.2 Å². The van der Waals surface area contributed by atoms with Gasteiger partial charge in [-0.05, 0) is 54.5 Å². The number of ether oxygens (including phenoxy) is 1. The Balaban J connectivity index is 1.01. The molecular weight excluding hydrogens is 627 g/mol. The van der Waals surface area contributed by atoms with Crippen LogP contribution in [0.2, 0.25) is 0 Å². The number of fused-ring (bicyclic) bond motifs is 1. The van der Waals surface area contributed by atoms with Gasteiger partial charge in [0.05, 0.1) is 21.9 Å². The number of carbonyl (C=O) groups is 2. The number of methoxy groups -OCH3 is 1. The Kier molecular flexibility index (Phi) is 8.04. The van der Waals surface area contributed by atoms with Crippen molar-refractivity contribution in [2.75, 3.05) is 51.4 Å². The van der Waals surface area contributed by atoms with Crippen LogP contribution in [0.25, 0.3) is 39.1 Å². The molecule has 13 heteroatoms. The molecule has 5 heterocycles. The lowest BCUT2D eigenvalue weighted by molar-refractivity contribution is -0.132. The fraction of sp³-hybridized carbons (Fsp3) is 0.314. The first-order valence-corrected chi connectivity index (χ1v) is 16.9. The number of H-pyrrole nitrogens is 1. The molecule has 0 radical (unpaired) electrons. The van der Waals surface area contributed by atoms with Gasteiger partial charge in [0.15, 0.2) is 5.82 Å². The highest BCUT2D eigenvalue weighted by molar-refractivity contribution is 8.00. The average molecular weight is 666 g/mol. The summed E-state index contributed by atoms with van der Waals surface area (Å²) in [4.78, 5) is 39.0. The van der Waals surface area contributed by atoms with Crippen LogP contribution in [0.1, 0.15) is 21.1 Å². The molecule has 2 amide bonds. The maximum atomic E-state index is 13.9. The number of aromatic amines is 1. The smallest absolute Gasteiger partial charge is 0.241 e. The number of hydrogen-bond acceptors (Lipinski definition) is 9. The normalized spacial score (nSPS) is 19.1. The van der Waals surface area contributed by atoms with Crippen LogP contribution in [0.5, 0.6) is 5.88 Å². The van der Waals surface area contributed by atoms with E-state index in [0.29, 0.717) is 49.0 Å². The van der Waals surface area contributed by atoms with Crippen molar-refractivity contribution in [1.29, 1.82) is 0 Å². The number of aryl methyl sites for hydroxylation is 1. The van der Waals surface area contributed by atoms with Crippen molar-refractivity contribution in [2.24, 2.45) is 7.05 Å². The number of pyridine rings is 1. The van der Waals surface area contributed by atoms with Gasteiger partial charge in [0.25, 0.3) is 0 Å². The van der Waals surface area contributed by atoms with Crippen molar-refractivity contribution in [1.82, 2.24) is 39.7 Å². The molecule has 12 nitrogen and oxygen atoms in total. The predicted molar refractivity (Wildman–Crippen MR) is 187 cm³/mol. The first-order valence-electron chi connectivity index (χ1n) is 16.7. The zero-order valence-electron chi connectivity index (χ0n) is 28.9. The van der Waals surface area contributed by atoms with Gasteiger partial charge in [-0.1, -0.05) is 30.3 Å². The van der Waals surface area contributed by atoms with Crippen LogP contribution < -0.4 is 10.1 Å². The molecule has 5 aromatic rings. The zero-order valence-corrected chi connectivity index (χ0v) is 27.8. The third-order valence-corrected chi connectivity index (χ3v) is 10.2. The van der Waals surface area contributed by atoms with Gasteiger partial charge in [-0.2, -0.15) is 10.2 Å². The Bertz CT molecular complexity index is 2100. The van der Waals surface area contributed by atoms with E-state index in [-0.39, 0.29) is 19.0 Å². The van der Waals surface area contributed by atoms with Gasteiger partial charge in [-0.25, -0.2) is 9.97 Å². The number of rotatable bonds is 9. The topological polar surface area (TPSA) is 134 Å². The van der Waals surface area contributed by atoms with Gasteiger partial charge in [-0.15, -0.1) is 11.8 Å². The van der Waals surface area contributed by atoms with Gasteiger partial charge < -0.3 is 15.0 Å². The van der Waals surface area contributed by atoms with E-state index in [2.05, 4.69) is 30.6 Å². The molecule has 2 aromatic carbocycles. The third-order valence-electron chi connectivity index (χ3n) is 8.94. The predicted octanol–water partition coefficient (Wildman–Crippen LogP) is 4.49.